The summed E-state index contributed by atoms with van der Waals surface area (Å²) in [5.41, 5.74) is 9.05. The van der Waals surface area contributed by atoms with Gasteiger partial charge in [0.2, 0.25) is 0 Å². The van der Waals surface area contributed by atoms with Gasteiger partial charge in [-0.05, 0) is 70.8 Å². The van der Waals surface area contributed by atoms with Crippen LogP contribution in [0.15, 0.2) is 36.4 Å². The molecule has 2 N–H and O–H groups in total. The SMILES string of the molecule is Cc1ccc(C(C)C)c(Oc2ccc(I)cc2N)c1. The Hall–Kier alpha value is -1.23. The average molecular weight is 367 g/mol. The Morgan fingerprint density at radius 1 is 1.05 bits per heavy atom. The number of rotatable bonds is 3. The molecule has 0 saturated heterocycles. The predicted octanol–water partition coefficient (Wildman–Crippen LogP) is 5.10. The van der Waals surface area contributed by atoms with Crippen LogP contribution in [0.2, 0.25) is 0 Å². The summed E-state index contributed by atoms with van der Waals surface area (Å²) in [6, 6.07) is 12.1. The van der Waals surface area contributed by atoms with Crippen molar-refractivity contribution >= 4 is 28.3 Å². The molecule has 0 saturated carbocycles. The Labute approximate surface area is 128 Å². The van der Waals surface area contributed by atoms with Crippen molar-refractivity contribution in [3.05, 3.63) is 51.1 Å². The van der Waals surface area contributed by atoms with E-state index in [1.165, 1.54) is 11.1 Å². The highest BCUT2D eigenvalue weighted by molar-refractivity contribution is 14.1. The Morgan fingerprint density at radius 3 is 2.42 bits per heavy atom. The predicted molar refractivity (Wildman–Crippen MR) is 88.9 cm³/mol. The minimum atomic E-state index is 0.417. The molecule has 3 heteroatoms. The minimum Gasteiger partial charge on any atom is -0.455 e. The Kier molecular flexibility index (Phi) is 4.34. The number of nitrogens with two attached hydrogens (primary N) is 1. The van der Waals surface area contributed by atoms with Gasteiger partial charge >= 0.3 is 0 Å². The van der Waals surface area contributed by atoms with Gasteiger partial charge in [-0.2, -0.15) is 0 Å². The summed E-state index contributed by atoms with van der Waals surface area (Å²) in [5, 5.41) is 0. The van der Waals surface area contributed by atoms with E-state index in [-0.39, 0.29) is 0 Å². The topological polar surface area (TPSA) is 35.2 Å². The van der Waals surface area contributed by atoms with Crippen molar-refractivity contribution in [2.45, 2.75) is 26.7 Å². The van der Waals surface area contributed by atoms with Gasteiger partial charge in [-0.3, -0.25) is 0 Å². The number of hydrogen-bond donors (Lipinski definition) is 1. The van der Waals surface area contributed by atoms with Gasteiger partial charge in [-0.15, -0.1) is 0 Å². The standard InChI is InChI=1S/C16H18INO/c1-10(2)13-6-4-11(3)8-16(13)19-15-7-5-12(17)9-14(15)18/h4-10H,18H2,1-3H3. The third-order valence-corrected chi connectivity index (χ3v) is 3.65. The number of halogens is 1. The molecular formula is C16H18INO. The van der Waals surface area contributed by atoms with Gasteiger partial charge in [0.25, 0.3) is 0 Å². The summed E-state index contributed by atoms with van der Waals surface area (Å²) in [5.74, 6) is 2.02. The average Bonchev–Trinajstić information content (AvgIpc) is 2.32. The van der Waals surface area contributed by atoms with Crippen molar-refractivity contribution in [1.29, 1.82) is 0 Å². The highest BCUT2D eigenvalue weighted by atomic mass is 127. The second-order valence-electron chi connectivity index (χ2n) is 4.98. The van der Waals surface area contributed by atoms with Crippen molar-refractivity contribution < 1.29 is 4.74 Å². The summed E-state index contributed by atoms with van der Waals surface area (Å²) < 4.78 is 7.12. The molecule has 0 aromatic heterocycles. The van der Waals surface area contributed by atoms with Gasteiger partial charge in [0.15, 0.2) is 0 Å². The van der Waals surface area contributed by atoms with Crippen molar-refractivity contribution in [3.63, 3.8) is 0 Å². The first-order valence-electron chi connectivity index (χ1n) is 6.31. The lowest BCUT2D eigenvalue weighted by atomic mass is 10.0. The maximum absolute atomic E-state index is 6.01. The molecule has 0 aliphatic carbocycles. The third kappa shape index (κ3) is 3.41. The number of nitrogen functional groups attached to an aromatic ring is 1. The molecule has 2 rings (SSSR count). The smallest absolute Gasteiger partial charge is 0.150 e. The molecule has 0 bridgehead atoms. The molecule has 100 valence electrons. The molecule has 0 unspecified atom stereocenters. The van der Waals surface area contributed by atoms with E-state index < -0.39 is 0 Å². The monoisotopic (exact) mass is 367 g/mol. The molecule has 0 amide bonds. The van der Waals surface area contributed by atoms with Crippen molar-refractivity contribution in [2.24, 2.45) is 0 Å². The lowest BCUT2D eigenvalue weighted by Crippen LogP contribution is -1.97. The van der Waals surface area contributed by atoms with Crippen molar-refractivity contribution in [3.8, 4) is 11.5 Å². The van der Waals surface area contributed by atoms with E-state index in [0.717, 1.165) is 9.32 Å². The van der Waals surface area contributed by atoms with Crippen LogP contribution < -0.4 is 10.5 Å². The summed E-state index contributed by atoms with van der Waals surface area (Å²) in [6.07, 6.45) is 0. The van der Waals surface area contributed by atoms with E-state index in [0.29, 0.717) is 17.4 Å². The van der Waals surface area contributed by atoms with Gasteiger partial charge < -0.3 is 10.5 Å². The number of anilines is 1. The molecule has 2 aromatic carbocycles. The van der Waals surface area contributed by atoms with Gasteiger partial charge in [-0.1, -0.05) is 26.0 Å². The van der Waals surface area contributed by atoms with Crippen LogP contribution in [-0.2, 0) is 0 Å². The van der Waals surface area contributed by atoms with Crippen LogP contribution in [0, 0.1) is 10.5 Å². The zero-order chi connectivity index (χ0) is 14.0. The first kappa shape index (κ1) is 14.2. The molecule has 0 heterocycles. The molecule has 0 atom stereocenters. The van der Waals surface area contributed by atoms with E-state index in [1.807, 2.05) is 18.2 Å². The Bertz CT molecular complexity index is 593. The summed E-state index contributed by atoms with van der Waals surface area (Å²) in [4.78, 5) is 0. The number of ether oxygens (including phenoxy) is 1. The maximum Gasteiger partial charge on any atom is 0.150 e. The summed E-state index contributed by atoms with van der Waals surface area (Å²) in [7, 11) is 0. The van der Waals surface area contributed by atoms with Crippen LogP contribution in [0.1, 0.15) is 30.9 Å². The fraction of sp³-hybridized carbons (Fsp3) is 0.250. The van der Waals surface area contributed by atoms with E-state index >= 15 is 0 Å². The molecule has 0 spiro atoms. The first-order chi connectivity index (χ1) is 8.97. The summed E-state index contributed by atoms with van der Waals surface area (Å²) in [6.45, 7) is 6.39. The maximum atomic E-state index is 6.01. The zero-order valence-electron chi connectivity index (χ0n) is 11.4. The second kappa shape index (κ2) is 5.82. The number of benzene rings is 2. The highest BCUT2D eigenvalue weighted by Crippen LogP contribution is 2.34. The quantitative estimate of drug-likeness (QED) is 0.605. The molecule has 2 nitrogen and oxygen atoms in total. The van der Waals surface area contributed by atoms with Crippen molar-refractivity contribution in [1.82, 2.24) is 0 Å². The molecule has 19 heavy (non-hydrogen) atoms. The van der Waals surface area contributed by atoms with E-state index in [4.69, 9.17) is 10.5 Å². The van der Waals surface area contributed by atoms with Crippen LogP contribution in [-0.4, -0.2) is 0 Å². The second-order valence-corrected chi connectivity index (χ2v) is 6.23. The Morgan fingerprint density at radius 2 is 1.79 bits per heavy atom. The number of hydrogen-bond acceptors (Lipinski definition) is 2. The molecular weight excluding hydrogens is 349 g/mol. The fourth-order valence-electron chi connectivity index (χ4n) is 1.94. The van der Waals surface area contributed by atoms with Crippen LogP contribution >= 0.6 is 22.6 Å². The van der Waals surface area contributed by atoms with E-state index in [9.17, 15) is 0 Å². The van der Waals surface area contributed by atoms with Gasteiger partial charge in [-0.25, -0.2) is 0 Å². The largest absolute Gasteiger partial charge is 0.455 e. The normalized spacial score (nSPS) is 10.8. The van der Waals surface area contributed by atoms with Gasteiger partial charge in [0.1, 0.15) is 11.5 Å². The lowest BCUT2D eigenvalue weighted by molar-refractivity contribution is 0.475. The Balaban J connectivity index is 2.39. The zero-order valence-corrected chi connectivity index (χ0v) is 13.6. The van der Waals surface area contributed by atoms with Crippen molar-refractivity contribution in [2.75, 3.05) is 5.73 Å². The summed E-state index contributed by atoms with van der Waals surface area (Å²) >= 11 is 2.24. The third-order valence-electron chi connectivity index (χ3n) is 2.98. The van der Waals surface area contributed by atoms with Crippen LogP contribution in [0.4, 0.5) is 5.69 Å². The molecule has 0 aliphatic rings. The highest BCUT2D eigenvalue weighted by Gasteiger charge is 2.10. The van der Waals surface area contributed by atoms with E-state index in [2.05, 4.69) is 61.6 Å². The van der Waals surface area contributed by atoms with Gasteiger partial charge in [0.05, 0.1) is 5.69 Å². The first-order valence-corrected chi connectivity index (χ1v) is 7.38. The number of aryl methyl sites for hydroxylation is 1. The lowest BCUT2D eigenvalue weighted by Gasteiger charge is -2.15. The van der Waals surface area contributed by atoms with Crippen LogP contribution in [0.5, 0.6) is 11.5 Å². The molecule has 0 aliphatic heterocycles. The molecule has 2 aromatic rings. The minimum absolute atomic E-state index is 0.417. The molecule has 0 fully saturated rings. The van der Waals surface area contributed by atoms with Crippen LogP contribution in [0.3, 0.4) is 0 Å². The molecule has 0 radical (unpaired) electrons. The van der Waals surface area contributed by atoms with E-state index in [1.54, 1.807) is 0 Å². The fourth-order valence-corrected chi connectivity index (χ4v) is 2.45. The van der Waals surface area contributed by atoms with Gasteiger partial charge in [0, 0.05) is 3.57 Å². The van der Waals surface area contributed by atoms with Crippen LogP contribution in [0.25, 0.3) is 0 Å².